The minimum Gasteiger partial charge on any atom is -0.481 e. The third-order valence-corrected chi connectivity index (χ3v) is 8.64. The third kappa shape index (κ3) is 7.09. The predicted octanol–water partition coefficient (Wildman–Crippen LogP) is 5.22. The van der Waals surface area contributed by atoms with Crippen LogP contribution >= 0.6 is 0 Å². The van der Waals surface area contributed by atoms with Crippen molar-refractivity contribution in [1.82, 2.24) is 10.3 Å². The Labute approximate surface area is 235 Å². The fourth-order valence-corrected chi connectivity index (χ4v) is 6.39. The van der Waals surface area contributed by atoms with Gasteiger partial charge in [-0.15, -0.1) is 5.10 Å². The van der Waals surface area contributed by atoms with Gasteiger partial charge >= 0.3 is 5.97 Å². The molecule has 8 nitrogen and oxygen atoms in total. The quantitative estimate of drug-likeness (QED) is 0.426. The smallest absolute Gasteiger partial charge is 0.303 e. The molecule has 1 heterocycles. The number of benzene rings is 2. The molecule has 2 aromatic rings. The van der Waals surface area contributed by atoms with Gasteiger partial charge in [-0.3, -0.25) is 14.4 Å². The molecule has 1 atom stereocenters. The average molecular weight is 546 g/mol. The van der Waals surface area contributed by atoms with E-state index in [1.165, 1.54) is 5.01 Å². The molecular formula is C32H39N3O5. The minimum absolute atomic E-state index is 0.0444. The normalized spacial score (nSPS) is 22.4. The zero-order chi connectivity index (χ0) is 27.9. The molecule has 1 unspecified atom stereocenters. The van der Waals surface area contributed by atoms with E-state index in [0.29, 0.717) is 24.3 Å². The summed E-state index contributed by atoms with van der Waals surface area (Å²) in [4.78, 5) is 37.0. The predicted molar refractivity (Wildman–Crippen MR) is 151 cm³/mol. The zero-order valence-electron chi connectivity index (χ0n) is 23.0. The Balaban J connectivity index is 1.23. The summed E-state index contributed by atoms with van der Waals surface area (Å²) in [5.41, 5.74) is 2.79. The number of hydrogen-bond donors (Lipinski definition) is 2. The number of nitrogens with zero attached hydrogens (tertiary/aromatic N) is 2. The van der Waals surface area contributed by atoms with Crippen LogP contribution < -0.4 is 5.32 Å². The van der Waals surface area contributed by atoms with E-state index in [-0.39, 0.29) is 36.8 Å². The second kappa shape index (κ2) is 13.1. The number of carboxylic acid groups (broad SMARTS) is 1. The number of hydrazone groups is 1. The van der Waals surface area contributed by atoms with Gasteiger partial charge in [0.1, 0.15) is 0 Å². The lowest BCUT2D eigenvalue weighted by Gasteiger charge is -2.31. The standard InChI is InChI=1S/C32H39N3O5/c36-28-21-40-32(26-8-2-1-3-9-26)34-35(28)20-23-10-15-25(16-11-23)30(24-6-4-5-7-24)31(39)33-27-17-12-22(13-18-27)14-19-29(37)38/h1-3,8-11,15-16,22,24,27,30H,4-7,12-14,17-21H2,(H,33,39)(H,37,38)/t22-,27+,30?. The molecule has 0 spiro atoms. The van der Waals surface area contributed by atoms with Crippen LogP contribution in [-0.2, 0) is 25.7 Å². The van der Waals surface area contributed by atoms with Crippen LogP contribution in [0, 0.1) is 11.8 Å². The first-order valence-corrected chi connectivity index (χ1v) is 14.6. The second-order valence-electron chi connectivity index (χ2n) is 11.4. The van der Waals surface area contributed by atoms with E-state index >= 15 is 0 Å². The molecule has 2 saturated carbocycles. The Hall–Kier alpha value is -3.68. The van der Waals surface area contributed by atoms with Gasteiger partial charge in [0, 0.05) is 18.0 Å². The van der Waals surface area contributed by atoms with Crippen molar-refractivity contribution in [3.63, 3.8) is 0 Å². The van der Waals surface area contributed by atoms with Crippen molar-refractivity contribution >= 4 is 23.7 Å². The lowest BCUT2D eigenvalue weighted by atomic mass is 9.81. The summed E-state index contributed by atoms with van der Waals surface area (Å²) in [6, 6.07) is 17.8. The van der Waals surface area contributed by atoms with E-state index in [0.717, 1.165) is 74.5 Å². The summed E-state index contributed by atoms with van der Waals surface area (Å²) in [6.07, 6.45) is 9.12. The number of nitrogens with one attached hydrogen (secondary N) is 1. The highest BCUT2D eigenvalue weighted by Gasteiger charge is 2.34. The van der Waals surface area contributed by atoms with E-state index in [1.807, 2.05) is 54.6 Å². The molecule has 8 heteroatoms. The molecule has 212 valence electrons. The Morgan fingerprint density at radius 3 is 2.35 bits per heavy atom. The average Bonchev–Trinajstić information content (AvgIpc) is 3.50. The second-order valence-corrected chi connectivity index (χ2v) is 11.4. The van der Waals surface area contributed by atoms with Crippen molar-refractivity contribution in [1.29, 1.82) is 0 Å². The molecule has 2 amide bonds. The van der Waals surface area contributed by atoms with Crippen molar-refractivity contribution in [3.8, 4) is 0 Å². The fourth-order valence-electron chi connectivity index (χ4n) is 6.39. The molecule has 0 bridgehead atoms. The summed E-state index contributed by atoms with van der Waals surface area (Å²) >= 11 is 0. The molecule has 5 rings (SSSR count). The highest BCUT2D eigenvalue weighted by molar-refractivity contribution is 5.97. The maximum Gasteiger partial charge on any atom is 0.303 e. The minimum atomic E-state index is -0.734. The third-order valence-electron chi connectivity index (χ3n) is 8.64. The zero-order valence-corrected chi connectivity index (χ0v) is 23.0. The van der Waals surface area contributed by atoms with Crippen LogP contribution in [0.5, 0.6) is 0 Å². The maximum atomic E-state index is 13.6. The van der Waals surface area contributed by atoms with Crippen molar-refractivity contribution in [2.75, 3.05) is 6.61 Å². The number of carbonyl (C=O) groups excluding carboxylic acids is 2. The van der Waals surface area contributed by atoms with Crippen LogP contribution in [0.2, 0.25) is 0 Å². The molecule has 2 aromatic carbocycles. The van der Waals surface area contributed by atoms with Gasteiger partial charge in [-0.25, -0.2) is 5.01 Å². The van der Waals surface area contributed by atoms with Gasteiger partial charge in [-0.1, -0.05) is 55.3 Å². The van der Waals surface area contributed by atoms with Crippen LogP contribution in [0.15, 0.2) is 59.7 Å². The molecular weight excluding hydrogens is 506 g/mol. The van der Waals surface area contributed by atoms with Crippen LogP contribution in [-0.4, -0.2) is 46.4 Å². The molecule has 1 aliphatic heterocycles. The number of carbonyl (C=O) groups is 3. The highest BCUT2D eigenvalue weighted by Crippen LogP contribution is 2.38. The number of amides is 2. The van der Waals surface area contributed by atoms with E-state index in [2.05, 4.69) is 10.4 Å². The van der Waals surface area contributed by atoms with Crippen LogP contribution in [0.3, 0.4) is 0 Å². The van der Waals surface area contributed by atoms with Gasteiger partial charge in [-0.2, -0.15) is 0 Å². The largest absolute Gasteiger partial charge is 0.481 e. The van der Waals surface area contributed by atoms with E-state index < -0.39 is 5.97 Å². The SMILES string of the molecule is O=C(O)CC[C@H]1CC[C@@H](NC(=O)C(c2ccc(CN3N=C(c4ccccc4)OCC3=O)cc2)C2CCCC2)CC1. The number of hydrogen-bond acceptors (Lipinski definition) is 5. The van der Waals surface area contributed by atoms with Crippen molar-refractivity contribution in [2.45, 2.75) is 82.7 Å². The molecule has 0 saturated heterocycles. The van der Waals surface area contributed by atoms with Gasteiger partial charge in [0.25, 0.3) is 5.91 Å². The molecule has 0 radical (unpaired) electrons. The van der Waals surface area contributed by atoms with E-state index in [9.17, 15) is 14.4 Å². The van der Waals surface area contributed by atoms with Gasteiger partial charge in [-0.05, 0) is 80.0 Å². The molecule has 2 fully saturated rings. The van der Waals surface area contributed by atoms with Crippen molar-refractivity contribution in [3.05, 3.63) is 71.3 Å². The number of ether oxygens (including phenoxy) is 1. The van der Waals surface area contributed by atoms with Crippen LogP contribution in [0.4, 0.5) is 0 Å². The summed E-state index contributed by atoms with van der Waals surface area (Å²) < 4.78 is 5.56. The topological polar surface area (TPSA) is 108 Å². The molecule has 3 aliphatic rings. The Bertz CT molecular complexity index is 1200. The number of rotatable bonds is 10. The first kappa shape index (κ1) is 27.9. The van der Waals surface area contributed by atoms with Gasteiger partial charge in [0.05, 0.1) is 12.5 Å². The Kier molecular flexibility index (Phi) is 9.14. The summed E-state index contributed by atoms with van der Waals surface area (Å²) in [6.45, 7) is 0.293. The van der Waals surface area contributed by atoms with E-state index in [1.54, 1.807) is 0 Å². The monoisotopic (exact) mass is 545 g/mol. The molecule has 0 aromatic heterocycles. The lowest BCUT2D eigenvalue weighted by Crippen LogP contribution is -2.41. The van der Waals surface area contributed by atoms with Crippen molar-refractivity contribution < 1.29 is 24.2 Å². The first-order valence-electron chi connectivity index (χ1n) is 14.6. The van der Waals surface area contributed by atoms with Crippen LogP contribution in [0.1, 0.15) is 86.8 Å². The summed E-state index contributed by atoms with van der Waals surface area (Å²) in [7, 11) is 0. The maximum absolute atomic E-state index is 13.6. The molecule has 40 heavy (non-hydrogen) atoms. The Morgan fingerprint density at radius 1 is 0.975 bits per heavy atom. The lowest BCUT2D eigenvalue weighted by molar-refractivity contribution is -0.137. The summed E-state index contributed by atoms with van der Waals surface area (Å²) in [5, 5.41) is 18.2. The molecule has 2 aliphatic carbocycles. The van der Waals surface area contributed by atoms with Gasteiger partial charge in [0.2, 0.25) is 11.8 Å². The number of aliphatic carboxylic acids is 1. The first-order chi connectivity index (χ1) is 19.5. The van der Waals surface area contributed by atoms with Crippen molar-refractivity contribution in [2.24, 2.45) is 16.9 Å². The van der Waals surface area contributed by atoms with Gasteiger partial charge < -0.3 is 15.2 Å². The highest BCUT2D eigenvalue weighted by atomic mass is 16.5. The van der Waals surface area contributed by atoms with E-state index in [4.69, 9.17) is 9.84 Å². The van der Waals surface area contributed by atoms with Gasteiger partial charge in [0.15, 0.2) is 6.61 Å². The number of carboxylic acids is 1. The van der Waals surface area contributed by atoms with Crippen LogP contribution in [0.25, 0.3) is 0 Å². The molecule has 2 N–H and O–H groups in total. The summed E-state index contributed by atoms with van der Waals surface area (Å²) in [5.74, 6) is 0.200. The fraction of sp³-hybridized carbons (Fsp3) is 0.500. The Morgan fingerprint density at radius 2 is 1.68 bits per heavy atom.